The van der Waals surface area contributed by atoms with Crippen molar-refractivity contribution < 1.29 is 50.5 Å². The minimum Gasteiger partial charge on any atom is -0.444 e. The number of aromatic amines is 1. The van der Waals surface area contributed by atoms with E-state index in [1.165, 1.54) is 38.9 Å². The number of carbonyl (C=O) groups is 2. The van der Waals surface area contributed by atoms with Gasteiger partial charge in [0, 0.05) is 38.3 Å². The highest BCUT2D eigenvalue weighted by Crippen LogP contribution is 2.31. The topological polar surface area (TPSA) is 177 Å². The molecule has 4 aromatic carbocycles. The quantitative estimate of drug-likeness (QED) is 0.118. The number of alkyl halides is 6. The molecule has 0 spiro atoms. The van der Waals surface area contributed by atoms with Crippen LogP contribution in [-0.4, -0.2) is 113 Å². The second kappa shape index (κ2) is 23.0. The van der Waals surface area contributed by atoms with E-state index in [-0.39, 0.29) is 6.61 Å². The molecule has 0 saturated carbocycles. The van der Waals surface area contributed by atoms with Crippen molar-refractivity contribution in [2.45, 2.75) is 84.5 Å². The minimum absolute atomic E-state index is 0.0459. The molecule has 0 bridgehead atoms. The van der Waals surface area contributed by atoms with Crippen LogP contribution in [0.5, 0.6) is 0 Å². The summed E-state index contributed by atoms with van der Waals surface area (Å²) in [5, 5.41) is 34.9. The first-order chi connectivity index (χ1) is 31.3. The first kappa shape index (κ1) is 52.7. The molecular weight excluding hydrogens is 887 g/mol. The third-order valence-electron chi connectivity index (χ3n) is 9.15. The lowest BCUT2D eigenvalue weighted by Gasteiger charge is -2.24. The van der Waals surface area contributed by atoms with Crippen molar-refractivity contribution >= 4 is 12.2 Å². The van der Waals surface area contributed by atoms with Crippen LogP contribution >= 0.6 is 0 Å². The third kappa shape index (κ3) is 17.4. The molecule has 0 saturated heterocycles. The number of aromatic nitrogens is 8. The van der Waals surface area contributed by atoms with Gasteiger partial charge in [-0.3, -0.25) is 0 Å². The number of carbonyl (C=O) groups excluding carboxylic acids is 2. The van der Waals surface area contributed by atoms with Crippen LogP contribution in [0.2, 0.25) is 0 Å². The van der Waals surface area contributed by atoms with E-state index in [4.69, 9.17) is 14.6 Å². The lowest BCUT2D eigenvalue weighted by molar-refractivity contribution is -0.138. The van der Waals surface area contributed by atoms with Crippen LogP contribution in [0.15, 0.2) is 97.1 Å². The molecule has 0 aliphatic rings. The van der Waals surface area contributed by atoms with Gasteiger partial charge < -0.3 is 24.4 Å². The predicted molar refractivity (Wildman–Crippen MR) is 236 cm³/mol. The van der Waals surface area contributed by atoms with E-state index in [9.17, 15) is 35.9 Å². The lowest BCUT2D eigenvalue weighted by atomic mass is 9.98. The number of tetrazole rings is 2. The van der Waals surface area contributed by atoms with Crippen LogP contribution in [0.4, 0.5) is 35.9 Å². The smallest absolute Gasteiger partial charge is 0.416 e. The van der Waals surface area contributed by atoms with E-state index >= 15 is 0 Å². The number of rotatable bonds is 11. The molecule has 2 heterocycles. The monoisotopic (exact) mass is 940 g/mol. The molecule has 6 rings (SSSR count). The van der Waals surface area contributed by atoms with Crippen molar-refractivity contribution in [2.75, 3.05) is 33.8 Å². The van der Waals surface area contributed by atoms with Crippen LogP contribution in [0.1, 0.15) is 74.9 Å². The number of hydrogen-bond donors (Lipinski definition) is 2. The summed E-state index contributed by atoms with van der Waals surface area (Å²) in [6.45, 7) is 11.7. The molecule has 0 unspecified atom stereocenters. The van der Waals surface area contributed by atoms with Gasteiger partial charge in [0.15, 0.2) is 0 Å². The Balaban J connectivity index is 0.000000247. The molecule has 0 radical (unpaired) electrons. The van der Waals surface area contributed by atoms with Gasteiger partial charge in [0.2, 0.25) is 11.6 Å². The van der Waals surface area contributed by atoms with Gasteiger partial charge in [-0.05, 0) is 111 Å². The van der Waals surface area contributed by atoms with Crippen molar-refractivity contribution in [1.82, 2.24) is 50.6 Å². The zero-order chi connectivity index (χ0) is 49.6. The van der Waals surface area contributed by atoms with Gasteiger partial charge in [0.25, 0.3) is 0 Å². The minimum atomic E-state index is -4.36. The van der Waals surface area contributed by atoms with E-state index in [0.29, 0.717) is 44.1 Å². The standard InChI is InChI=1S/C23H26F3N5O2.C15H11F3N4.C8H17NO3/c1-22(2,3)33-21(32)30(4)13-14-31-28-20(27-29-31)19-8-6-5-7-17(19)15-16-9-11-18(12-10-16)23(24,25)26;16-15(17,18)12-7-5-10(6-8-12)9-11-3-1-2-4-13(11)14-19-21-22-20-14;1-8(2,3)12-7(11)9(4)5-6-10/h5-12H,13-15H2,1-4H3;1-8H,9H2,(H,19,20,21,22);10H,5-6H2,1-4H3. The maximum absolute atomic E-state index is 12.8. The van der Waals surface area contributed by atoms with Crippen LogP contribution in [0.3, 0.4) is 0 Å². The van der Waals surface area contributed by atoms with Crippen molar-refractivity contribution in [3.8, 4) is 22.8 Å². The van der Waals surface area contributed by atoms with Gasteiger partial charge in [-0.15, -0.1) is 20.4 Å². The zero-order valence-electron chi connectivity index (χ0n) is 38.4. The summed E-state index contributed by atoms with van der Waals surface area (Å²) in [4.78, 5) is 27.4. The molecule has 0 aliphatic carbocycles. The van der Waals surface area contributed by atoms with Crippen molar-refractivity contribution in [3.63, 3.8) is 0 Å². The second-order valence-corrected chi connectivity index (χ2v) is 17.0. The molecule has 0 fully saturated rings. The Morgan fingerprint density at radius 1 is 0.627 bits per heavy atom. The van der Waals surface area contributed by atoms with Crippen LogP contribution in [0, 0.1) is 0 Å². The number of nitrogens with one attached hydrogen (secondary N) is 1. The van der Waals surface area contributed by atoms with Crippen molar-refractivity contribution in [2.24, 2.45) is 0 Å². The number of amides is 2. The summed E-state index contributed by atoms with van der Waals surface area (Å²) in [6.07, 6.45) is -8.62. The van der Waals surface area contributed by atoms with Gasteiger partial charge in [0.1, 0.15) is 11.2 Å². The van der Waals surface area contributed by atoms with E-state index in [1.807, 2.05) is 48.5 Å². The fourth-order valence-corrected chi connectivity index (χ4v) is 5.82. The highest BCUT2D eigenvalue weighted by molar-refractivity contribution is 5.68. The molecule has 360 valence electrons. The number of aliphatic hydroxyl groups excluding tert-OH is 1. The molecule has 0 aliphatic heterocycles. The highest BCUT2D eigenvalue weighted by Gasteiger charge is 2.31. The molecule has 67 heavy (non-hydrogen) atoms. The van der Waals surface area contributed by atoms with E-state index in [1.54, 1.807) is 55.6 Å². The van der Waals surface area contributed by atoms with Gasteiger partial charge in [-0.25, -0.2) is 9.59 Å². The highest BCUT2D eigenvalue weighted by atomic mass is 19.4. The number of halogens is 6. The molecule has 2 amide bonds. The zero-order valence-corrected chi connectivity index (χ0v) is 38.4. The Hall–Kier alpha value is -6.90. The summed E-state index contributed by atoms with van der Waals surface area (Å²) in [5.41, 5.74) is 2.46. The van der Waals surface area contributed by atoms with Crippen LogP contribution in [0.25, 0.3) is 22.8 Å². The molecule has 6 aromatic rings. The number of H-pyrrole nitrogens is 1. The molecule has 0 atom stereocenters. The predicted octanol–water partition coefficient (Wildman–Crippen LogP) is 9.14. The number of benzene rings is 4. The van der Waals surface area contributed by atoms with Gasteiger partial charge in [-0.2, -0.15) is 36.4 Å². The first-order valence-corrected chi connectivity index (χ1v) is 20.8. The summed E-state index contributed by atoms with van der Waals surface area (Å²) in [6, 6.07) is 25.1. The molecule has 21 heteroatoms. The fourth-order valence-electron chi connectivity index (χ4n) is 5.82. The number of aliphatic hydroxyl groups is 1. The average Bonchev–Trinajstić information content (AvgIpc) is 3.96. The number of hydrogen-bond acceptors (Lipinski definition) is 11. The van der Waals surface area contributed by atoms with E-state index < -0.39 is 46.9 Å². The molecular formula is C46H54F6N10O5. The van der Waals surface area contributed by atoms with Crippen LogP contribution < -0.4 is 0 Å². The van der Waals surface area contributed by atoms with Gasteiger partial charge >= 0.3 is 24.5 Å². The maximum atomic E-state index is 12.8. The first-order valence-electron chi connectivity index (χ1n) is 20.8. The van der Waals surface area contributed by atoms with E-state index in [0.717, 1.165) is 57.6 Å². The van der Waals surface area contributed by atoms with Crippen molar-refractivity contribution in [3.05, 3.63) is 130 Å². The fraction of sp³-hybridized carbons (Fsp3) is 0.391. The average molecular weight is 941 g/mol. The second-order valence-electron chi connectivity index (χ2n) is 17.0. The number of nitrogens with zero attached hydrogens (tertiary/aromatic N) is 9. The maximum Gasteiger partial charge on any atom is 0.416 e. The van der Waals surface area contributed by atoms with Gasteiger partial charge in [-0.1, -0.05) is 72.8 Å². The number of likely N-dealkylation sites (N-methyl/N-ethyl adjacent to an activating group) is 2. The largest absolute Gasteiger partial charge is 0.444 e. The summed E-state index contributed by atoms with van der Waals surface area (Å²) in [7, 11) is 3.22. The summed E-state index contributed by atoms with van der Waals surface area (Å²) >= 11 is 0. The molecule has 15 nitrogen and oxygen atoms in total. The van der Waals surface area contributed by atoms with Crippen LogP contribution in [-0.2, 0) is 41.2 Å². The van der Waals surface area contributed by atoms with E-state index in [2.05, 4.69) is 36.0 Å². The van der Waals surface area contributed by atoms with Gasteiger partial charge in [0.05, 0.1) is 24.3 Å². The Bertz CT molecular complexity index is 2470. The Morgan fingerprint density at radius 2 is 1.06 bits per heavy atom. The lowest BCUT2D eigenvalue weighted by Crippen LogP contribution is -2.36. The SMILES string of the molecule is CN(CCO)C(=O)OC(C)(C)C.CN(CCn1nnc(-c2ccccc2Cc2ccc(C(F)(F)F)cc2)n1)C(=O)OC(C)(C)C.FC(F)(F)c1ccc(Cc2ccccc2-c2nn[nH]n2)cc1. The Kier molecular flexibility index (Phi) is 18.1. The molecule has 2 aromatic heterocycles. The molecule has 2 N–H and O–H groups in total. The Morgan fingerprint density at radius 3 is 1.46 bits per heavy atom. The third-order valence-corrected chi connectivity index (χ3v) is 9.15. The summed E-state index contributed by atoms with van der Waals surface area (Å²) < 4.78 is 86.5. The Labute approximate surface area is 384 Å². The normalized spacial score (nSPS) is 11.7. The van der Waals surface area contributed by atoms with Crippen molar-refractivity contribution in [1.29, 1.82) is 0 Å². The number of ether oxygens (including phenoxy) is 2. The summed E-state index contributed by atoms with van der Waals surface area (Å²) in [5.74, 6) is 0.861.